The molecule has 0 aliphatic carbocycles. The standard InChI is InChI=1S/C10H18N4O2/c1-3-16-7-8(2)12-10-4-5-14(13-10)6-9(11)15/h4-5,8H,3,6-7H2,1-2H3,(H2,11,15)(H,12,13). The fourth-order valence-corrected chi connectivity index (χ4v) is 1.28. The molecule has 0 aromatic carbocycles. The van der Waals surface area contributed by atoms with E-state index in [1.54, 1.807) is 12.3 Å². The first-order chi connectivity index (χ1) is 7.61. The highest BCUT2D eigenvalue weighted by molar-refractivity contribution is 5.73. The van der Waals surface area contributed by atoms with Gasteiger partial charge in [-0.1, -0.05) is 0 Å². The number of nitrogens with one attached hydrogen (secondary N) is 1. The maximum atomic E-state index is 10.7. The van der Waals surface area contributed by atoms with Crippen LogP contribution in [0.2, 0.25) is 0 Å². The molecule has 1 unspecified atom stereocenters. The zero-order chi connectivity index (χ0) is 12.0. The predicted molar refractivity (Wildman–Crippen MR) is 61.0 cm³/mol. The third-order valence-electron chi connectivity index (χ3n) is 1.92. The third kappa shape index (κ3) is 4.31. The second-order valence-electron chi connectivity index (χ2n) is 3.57. The summed E-state index contributed by atoms with van der Waals surface area (Å²) in [7, 11) is 0. The Bertz CT molecular complexity index is 337. The number of ether oxygens (including phenoxy) is 1. The van der Waals surface area contributed by atoms with Crippen LogP contribution in [0.15, 0.2) is 12.3 Å². The van der Waals surface area contributed by atoms with Gasteiger partial charge in [-0.25, -0.2) is 0 Å². The van der Waals surface area contributed by atoms with Gasteiger partial charge in [-0.15, -0.1) is 0 Å². The zero-order valence-corrected chi connectivity index (χ0v) is 9.64. The van der Waals surface area contributed by atoms with Gasteiger partial charge in [0.2, 0.25) is 5.91 Å². The van der Waals surface area contributed by atoms with Gasteiger partial charge < -0.3 is 15.8 Å². The van der Waals surface area contributed by atoms with E-state index in [9.17, 15) is 4.79 Å². The molecule has 0 bridgehead atoms. The van der Waals surface area contributed by atoms with Crippen LogP contribution < -0.4 is 11.1 Å². The van der Waals surface area contributed by atoms with E-state index in [1.165, 1.54) is 4.68 Å². The molecule has 1 aromatic heterocycles. The first kappa shape index (κ1) is 12.5. The lowest BCUT2D eigenvalue weighted by atomic mass is 10.3. The van der Waals surface area contributed by atoms with E-state index < -0.39 is 5.91 Å². The van der Waals surface area contributed by atoms with Gasteiger partial charge in [0.15, 0.2) is 0 Å². The largest absolute Gasteiger partial charge is 0.380 e. The monoisotopic (exact) mass is 226 g/mol. The summed E-state index contributed by atoms with van der Waals surface area (Å²) >= 11 is 0. The van der Waals surface area contributed by atoms with E-state index >= 15 is 0 Å². The summed E-state index contributed by atoms with van der Waals surface area (Å²) in [5.74, 6) is 0.311. The quantitative estimate of drug-likeness (QED) is 0.696. The lowest BCUT2D eigenvalue weighted by Gasteiger charge is -2.12. The SMILES string of the molecule is CCOCC(C)Nc1ccn(CC(N)=O)n1. The van der Waals surface area contributed by atoms with Crippen LogP contribution >= 0.6 is 0 Å². The van der Waals surface area contributed by atoms with Crippen molar-refractivity contribution in [2.24, 2.45) is 5.73 Å². The number of aromatic nitrogens is 2. The summed E-state index contributed by atoms with van der Waals surface area (Å²) < 4.78 is 6.77. The van der Waals surface area contributed by atoms with Crippen LogP contribution in [-0.4, -0.2) is 34.9 Å². The van der Waals surface area contributed by atoms with Crippen molar-refractivity contribution in [2.75, 3.05) is 18.5 Å². The van der Waals surface area contributed by atoms with Gasteiger partial charge >= 0.3 is 0 Å². The highest BCUT2D eigenvalue weighted by Crippen LogP contribution is 2.04. The first-order valence-corrected chi connectivity index (χ1v) is 5.28. The van der Waals surface area contributed by atoms with Crippen LogP contribution in [0.25, 0.3) is 0 Å². The van der Waals surface area contributed by atoms with E-state index in [-0.39, 0.29) is 12.6 Å². The van der Waals surface area contributed by atoms with Gasteiger partial charge in [0, 0.05) is 24.9 Å². The average Bonchev–Trinajstić information content (AvgIpc) is 2.61. The van der Waals surface area contributed by atoms with E-state index in [0.29, 0.717) is 19.0 Å². The smallest absolute Gasteiger partial charge is 0.239 e. The Morgan fingerprint density at radius 1 is 1.75 bits per heavy atom. The maximum absolute atomic E-state index is 10.7. The van der Waals surface area contributed by atoms with Crippen LogP contribution in [0.5, 0.6) is 0 Å². The lowest BCUT2D eigenvalue weighted by Crippen LogP contribution is -2.22. The Labute approximate surface area is 94.8 Å². The molecule has 1 amide bonds. The Morgan fingerprint density at radius 2 is 2.50 bits per heavy atom. The molecule has 0 spiro atoms. The molecule has 90 valence electrons. The number of carbonyl (C=O) groups is 1. The summed E-state index contributed by atoms with van der Waals surface area (Å²) in [5, 5.41) is 7.31. The van der Waals surface area contributed by atoms with Crippen LogP contribution in [0.3, 0.4) is 0 Å². The second-order valence-corrected chi connectivity index (χ2v) is 3.57. The number of amides is 1. The summed E-state index contributed by atoms with van der Waals surface area (Å²) in [6.07, 6.45) is 1.71. The molecule has 3 N–H and O–H groups in total. The molecule has 0 saturated carbocycles. The van der Waals surface area contributed by atoms with Gasteiger partial charge in [0.25, 0.3) is 0 Å². The number of rotatable bonds is 7. The van der Waals surface area contributed by atoms with Crippen molar-refractivity contribution in [1.29, 1.82) is 0 Å². The summed E-state index contributed by atoms with van der Waals surface area (Å²) in [6, 6.07) is 1.97. The molecular weight excluding hydrogens is 208 g/mol. The van der Waals surface area contributed by atoms with Gasteiger partial charge in [-0.05, 0) is 13.8 Å². The van der Waals surface area contributed by atoms with Crippen LogP contribution in [0.1, 0.15) is 13.8 Å². The van der Waals surface area contributed by atoms with Crippen LogP contribution in [-0.2, 0) is 16.1 Å². The molecule has 6 heteroatoms. The van der Waals surface area contributed by atoms with Gasteiger partial charge in [-0.3, -0.25) is 9.48 Å². The summed E-state index contributed by atoms with van der Waals surface area (Å²) in [6.45, 7) is 5.37. The third-order valence-corrected chi connectivity index (χ3v) is 1.92. The molecule has 0 fully saturated rings. The van der Waals surface area contributed by atoms with Crippen LogP contribution in [0, 0.1) is 0 Å². The summed E-state index contributed by atoms with van der Waals surface area (Å²) in [5.41, 5.74) is 5.06. The summed E-state index contributed by atoms with van der Waals surface area (Å²) in [4.78, 5) is 10.7. The van der Waals surface area contributed by atoms with E-state index in [1.807, 2.05) is 13.8 Å². The molecule has 0 aliphatic rings. The molecule has 1 heterocycles. The zero-order valence-electron chi connectivity index (χ0n) is 9.64. The minimum Gasteiger partial charge on any atom is -0.380 e. The molecule has 16 heavy (non-hydrogen) atoms. The Hall–Kier alpha value is -1.56. The molecule has 0 radical (unpaired) electrons. The number of nitrogens with two attached hydrogens (primary N) is 1. The molecule has 0 saturated heterocycles. The Morgan fingerprint density at radius 3 is 3.12 bits per heavy atom. The normalized spacial score (nSPS) is 12.4. The molecule has 1 rings (SSSR count). The first-order valence-electron chi connectivity index (χ1n) is 5.28. The Kier molecular flexibility index (Phi) is 4.78. The maximum Gasteiger partial charge on any atom is 0.239 e. The molecule has 6 nitrogen and oxygen atoms in total. The molecule has 1 atom stereocenters. The number of hydrogen-bond donors (Lipinski definition) is 2. The number of carbonyl (C=O) groups excluding carboxylic acids is 1. The lowest BCUT2D eigenvalue weighted by molar-refractivity contribution is -0.118. The number of hydrogen-bond acceptors (Lipinski definition) is 4. The van der Waals surface area contributed by atoms with Crippen molar-refractivity contribution >= 4 is 11.7 Å². The second kappa shape index (κ2) is 6.12. The van der Waals surface area contributed by atoms with Crippen molar-refractivity contribution in [2.45, 2.75) is 26.4 Å². The van der Waals surface area contributed by atoms with Crippen molar-refractivity contribution < 1.29 is 9.53 Å². The number of nitrogens with zero attached hydrogens (tertiary/aromatic N) is 2. The average molecular weight is 226 g/mol. The number of primary amides is 1. The fraction of sp³-hybridized carbons (Fsp3) is 0.600. The van der Waals surface area contributed by atoms with Crippen molar-refractivity contribution in [3.63, 3.8) is 0 Å². The van der Waals surface area contributed by atoms with Crippen molar-refractivity contribution in [1.82, 2.24) is 9.78 Å². The van der Waals surface area contributed by atoms with Gasteiger partial charge in [-0.2, -0.15) is 5.10 Å². The highest BCUT2D eigenvalue weighted by Gasteiger charge is 2.05. The van der Waals surface area contributed by atoms with Crippen LogP contribution in [0.4, 0.5) is 5.82 Å². The molecule has 0 aliphatic heterocycles. The minimum absolute atomic E-state index is 0.0987. The fourth-order valence-electron chi connectivity index (χ4n) is 1.28. The topological polar surface area (TPSA) is 82.2 Å². The van der Waals surface area contributed by atoms with Crippen molar-refractivity contribution in [3.8, 4) is 0 Å². The highest BCUT2D eigenvalue weighted by atomic mass is 16.5. The predicted octanol–water partition coefficient (Wildman–Crippen LogP) is 0.205. The Balaban J connectivity index is 2.42. The van der Waals surface area contributed by atoms with Crippen molar-refractivity contribution in [3.05, 3.63) is 12.3 Å². The minimum atomic E-state index is -0.406. The van der Waals surface area contributed by atoms with E-state index in [2.05, 4.69) is 10.4 Å². The van der Waals surface area contributed by atoms with E-state index in [0.717, 1.165) is 0 Å². The molecule has 1 aromatic rings. The van der Waals surface area contributed by atoms with Gasteiger partial charge in [0.1, 0.15) is 12.4 Å². The van der Waals surface area contributed by atoms with Gasteiger partial charge in [0.05, 0.1) is 6.61 Å². The number of anilines is 1. The molecular formula is C10H18N4O2. The van der Waals surface area contributed by atoms with E-state index in [4.69, 9.17) is 10.5 Å².